The highest BCUT2D eigenvalue weighted by Crippen LogP contribution is 2.75. The standard InChI is InChI=1S/C23H28O6/c1-21-10-19-23(29-19)16(4-3-13-9-14(25)7-8-22(13,23)2)15(21)5-6-17(21)18(26)12-28-20(27)11-24/h7-9,15-17,19,24H,3-6,10-12H2,1-2H3/t15-,16-,17+,19-,21-,22-,23+/m0/s1. The number of fused-ring (bicyclic) bond motifs is 3. The summed E-state index contributed by atoms with van der Waals surface area (Å²) < 4.78 is 11.4. The van der Waals surface area contributed by atoms with Crippen molar-refractivity contribution in [3.8, 4) is 0 Å². The van der Waals surface area contributed by atoms with Crippen LogP contribution >= 0.6 is 0 Å². The molecule has 0 amide bonds. The van der Waals surface area contributed by atoms with Crippen molar-refractivity contribution in [1.29, 1.82) is 0 Å². The van der Waals surface area contributed by atoms with Crippen molar-refractivity contribution in [2.24, 2.45) is 28.6 Å². The molecular formula is C23H28O6. The van der Waals surface area contributed by atoms with Gasteiger partial charge in [0.25, 0.3) is 0 Å². The number of carbonyl (C=O) groups is 3. The molecule has 4 aliphatic carbocycles. The van der Waals surface area contributed by atoms with Gasteiger partial charge in [-0.1, -0.05) is 18.6 Å². The van der Waals surface area contributed by atoms with Crippen LogP contribution in [0, 0.1) is 28.6 Å². The summed E-state index contributed by atoms with van der Waals surface area (Å²) in [4.78, 5) is 36.1. The molecular weight excluding hydrogens is 372 g/mol. The van der Waals surface area contributed by atoms with E-state index in [9.17, 15) is 14.4 Å². The third-order valence-corrected chi connectivity index (χ3v) is 8.82. The number of ketones is 2. The Balaban J connectivity index is 1.42. The molecule has 4 fully saturated rings. The van der Waals surface area contributed by atoms with Crippen LogP contribution in [0.3, 0.4) is 0 Å². The smallest absolute Gasteiger partial charge is 0.332 e. The van der Waals surface area contributed by atoms with Crippen LogP contribution in [0.15, 0.2) is 23.8 Å². The Morgan fingerprint density at radius 1 is 1.24 bits per heavy atom. The summed E-state index contributed by atoms with van der Waals surface area (Å²) in [6.45, 7) is 3.45. The molecule has 6 heteroatoms. The SMILES string of the molecule is C[C@]12C[C@@H]3O[C@]34[C@@H](CCC3=CC(=O)C=C[C@@]34C)[C@@H]1CC[C@@H]2C(=O)COC(=O)CO. The zero-order chi connectivity index (χ0) is 20.6. The number of epoxide rings is 1. The highest BCUT2D eigenvalue weighted by atomic mass is 16.6. The second-order valence-corrected chi connectivity index (χ2v) is 9.88. The number of Topliss-reactive ketones (excluding diaryl/α,β-unsaturated/α-hetero) is 1. The minimum Gasteiger partial charge on any atom is -0.456 e. The number of aliphatic hydroxyl groups is 1. The van der Waals surface area contributed by atoms with Crippen LogP contribution in [-0.4, -0.2) is 47.6 Å². The van der Waals surface area contributed by atoms with Gasteiger partial charge in [0, 0.05) is 11.3 Å². The lowest BCUT2D eigenvalue weighted by molar-refractivity contribution is -0.153. The molecule has 1 saturated heterocycles. The minimum absolute atomic E-state index is 0.0456. The van der Waals surface area contributed by atoms with Gasteiger partial charge in [-0.15, -0.1) is 0 Å². The van der Waals surface area contributed by atoms with Crippen molar-refractivity contribution in [2.75, 3.05) is 13.2 Å². The number of aliphatic hydroxyl groups excluding tert-OH is 1. The van der Waals surface area contributed by atoms with Gasteiger partial charge < -0.3 is 14.6 Å². The van der Waals surface area contributed by atoms with Crippen LogP contribution < -0.4 is 0 Å². The van der Waals surface area contributed by atoms with E-state index in [1.165, 1.54) is 5.57 Å². The molecule has 1 aliphatic heterocycles. The van der Waals surface area contributed by atoms with E-state index in [0.717, 1.165) is 32.1 Å². The Morgan fingerprint density at radius 2 is 2.03 bits per heavy atom. The lowest BCUT2D eigenvalue weighted by Gasteiger charge is -2.54. The number of carbonyl (C=O) groups excluding carboxylic acids is 3. The number of esters is 1. The highest BCUT2D eigenvalue weighted by molar-refractivity contribution is 6.01. The molecule has 0 aromatic heterocycles. The number of allylic oxidation sites excluding steroid dienone is 2. The third-order valence-electron chi connectivity index (χ3n) is 8.82. The Kier molecular flexibility index (Phi) is 4.04. The van der Waals surface area contributed by atoms with Gasteiger partial charge in [-0.05, 0) is 68.4 Å². The molecule has 1 spiro atoms. The summed E-state index contributed by atoms with van der Waals surface area (Å²) in [7, 11) is 0. The quantitative estimate of drug-likeness (QED) is 0.574. The van der Waals surface area contributed by atoms with E-state index in [-0.39, 0.29) is 46.6 Å². The summed E-state index contributed by atoms with van der Waals surface area (Å²) in [5.41, 5.74) is 0.534. The van der Waals surface area contributed by atoms with Gasteiger partial charge in [0.05, 0.1) is 6.10 Å². The second kappa shape index (κ2) is 6.11. The van der Waals surface area contributed by atoms with E-state index in [1.807, 2.05) is 0 Å². The Bertz CT molecular complexity index is 857. The van der Waals surface area contributed by atoms with Gasteiger partial charge in [0.2, 0.25) is 0 Å². The number of hydrogen-bond acceptors (Lipinski definition) is 6. The van der Waals surface area contributed by atoms with E-state index < -0.39 is 12.6 Å². The van der Waals surface area contributed by atoms with E-state index in [0.29, 0.717) is 11.8 Å². The molecule has 5 rings (SSSR count). The molecule has 0 radical (unpaired) electrons. The summed E-state index contributed by atoms with van der Waals surface area (Å²) in [5, 5.41) is 8.82. The van der Waals surface area contributed by atoms with Crippen molar-refractivity contribution >= 4 is 17.5 Å². The Morgan fingerprint density at radius 3 is 2.79 bits per heavy atom. The van der Waals surface area contributed by atoms with Crippen LogP contribution in [0.2, 0.25) is 0 Å². The fourth-order valence-corrected chi connectivity index (χ4v) is 7.47. The van der Waals surface area contributed by atoms with Gasteiger partial charge in [0.1, 0.15) is 18.8 Å². The predicted octanol–water partition coefficient (Wildman–Crippen LogP) is 2.15. The largest absolute Gasteiger partial charge is 0.456 e. The first-order valence-electron chi connectivity index (χ1n) is 10.7. The molecule has 1 heterocycles. The normalized spacial score (nSPS) is 46.7. The number of rotatable bonds is 4. The fraction of sp³-hybridized carbons (Fsp3) is 0.696. The number of ether oxygens (including phenoxy) is 2. The zero-order valence-electron chi connectivity index (χ0n) is 17.0. The predicted molar refractivity (Wildman–Crippen MR) is 103 cm³/mol. The summed E-state index contributed by atoms with van der Waals surface area (Å²) in [6, 6.07) is 0. The molecule has 0 unspecified atom stereocenters. The lowest BCUT2D eigenvalue weighted by Crippen LogP contribution is -2.57. The number of hydrogen-bond donors (Lipinski definition) is 1. The third kappa shape index (κ3) is 2.39. The van der Waals surface area contributed by atoms with E-state index >= 15 is 0 Å². The van der Waals surface area contributed by atoms with Gasteiger partial charge in [0.15, 0.2) is 11.6 Å². The monoisotopic (exact) mass is 400 g/mol. The average molecular weight is 400 g/mol. The van der Waals surface area contributed by atoms with Crippen molar-refractivity contribution < 1.29 is 29.0 Å². The lowest BCUT2D eigenvalue weighted by atomic mass is 9.47. The van der Waals surface area contributed by atoms with E-state index in [2.05, 4.69) is 19.9 Å². The summed E-state index contributed by atoms with van der Waals surface area (Å²) >= 11 is 0. The maximum Gasteiger partial charge on any atom is 0.332 e. The Labute approximate surface area is 170 Å². The molecule has 0 bridgehead atoms. The first-order chi connectivity index (χ1) is 13.8. The molecule has 0 aromatic carbocycles. The molecule has 6 nitrogen and oxygen atoms in total. The molecule has 156 valence electrons. The zero-order valence-corrected chi connectivity index (χ0v) is 17.0. The summed E-state index contributed by atoms with van der Waals surface area (Å²) in [5.74, 6) is -0.138. The van der Waals surface area contributed by atoms with Crippen molar-refractivity contribution in [3.05, 3.63) is 23.8 Å². The average Bonchev–Trinajstić information content (AvgIpc) is 3.31. The molecule has 5 aliphatic rings. The van der Waals surface area contributed by atoms with Crippen molar-refractivity contribution in [1.82, 2.24) is 0 Å². The van der Waals surface area contributed by atoms with Crippen molar-refractivity contribution in [3.63, 3.8) is 0 Å². The topological polar surface area (TPSA) is 93.2 Å². The maximum atomic E-state index is 12.9. The van der Waals surface area contributed by atoms with Crippen LogP contribution in [0.1, 0.15) is 46.0 Å². The van der Waals surface area contributed by atoms with Gasteiger partial charge in [-0.3, -0.25) is 9.59 Å². The first kappa shape index (κ1) is 19.2. The Hall–Kier alpha value is -1.79. The molecule has 0 aromatic rings. The van der Waals surface area contributed by atoms with Crippen LogP contribution in [0.25, 0.3) is 0 Å². The molecule has 1 N–H and O–H groups in total. The van der Waals surface area contributed by atoms with Gasteiger partial charge >= 0.3 is 5.97 Å². The van der Waals surface area contributed by atoms with Crippen LogP contribution in [0.4, 0.5) is 0 Å². The molecule has 29 heavy (non-hydrogen) atoms. The van der Waals surface area contributed by atoms with Gasteiger partial charge in [-0.25, -0.2) is 4.79 Å². The molecule has 3 saturated carbocycles. The minimum atomic E-state index is -0.760. The molecule has 7 atom stereocenters. The summed E-state index contributed by atoms with van der Waals surface area (Å²) in [6.07, 6.45) is 10.1. The van der Waals surface area contributed by atoms with E-state index in [1.54, 1.807) is 12.2 Å². The van der Waals surface area contributed by atoms with Crippen LogP contribution in [0.5, 0.6) is 0 Å². The fourth-order valence-electron chi connectivity index (χ4n) is 7.47. The van der Waals surface area contributed by atoms with Gasteiger partial charge in [-0.2, -0.15) is 0 Å². The first-order valence-corrected chi connectivity index (χ1v) is 10.7. The van der Waals surface area contributed by atoms with Crippen molar-refractivity contribution in [2.45, 2.75) is 57.7 Å². The second-order valence-electron chi connectivity index (χ2n) is 9.88. The van der Waals surface area contributed by atoms with E-state index in [4.69, 9.17) is 14.6 Å². The van der Waals surface area contributed by atoms with Crippen LogP contribution in [-0.2, 0) is 23.9 Å². The highest BCUT2D eigenvalue weighted by Gasteiger charge is 2.79. The maximum absolute atomic E-state index is 12.9.